The first kappa shape index (κ1) is 9.79. The summed E-state index contributed by atoms with van der Waals surface area (Å²) in [5.41, 5.74) is 2.88. The predicted molar refractivity (Wildman–Crippen MR) is 68.1 cm³/mol. The average Bonchev–Trinajstić information content (AvgIpc) is 3.00. The Kier molecular flexibility index (Phi) is 2.30. The zero-order chi connectivity index (χ0) is 9.76. The van der Waals surface area contributed by atoms with Gasteiger partial charge < -0.3 is 4.57 Å². The second kappa shape index (κ2) is 3.29. The maximum absolute atomic E-state index is 13.0. The monoisotopic (exact) mass is 339 g/mol. The minimum atomic E-state index is -2.03. The van der Waals surface area contributed by atoms with Gasteiger partial charge in [-0.25, -0.2) is 4.98 Å². The van der Waals surface area contributed by atoms with Crippen LogP contribution in [0.3, 0.4) is 0 Å². The molecule has 3 rings (SSSR count). The summed E-state index contributed by atoms with van der Waals surface area (Å²) < 4.78 is 15.1. The van der Waals surface area contributed by atoms with Gasteiger partial charge in [-0.05, 0) is 48.3 Å². The first-order valence-corrected chi connectivity index (χ1v) is 8.72. The molecule has 5 heteroatoms. The summed E-state index contributed by atoms with van der Waals surface area (Å²) in [5.74, 6) is 0. The fourth-order valence-electron chi connectivity index (χ4n) is 2.00. The van der Waals surface area contributed by atoms with Crippen molar-refractivity contribution in [2.45, 2.75) is 37.0 Å². The van der Waals surface area contributed by atoms with E-state index in [0.29, 0.717) is 11.3 Å². The van der Waals surface area contributed by atoms with E-state index < -0.39 is 7.14 Å². The lowest BCUT2D eigenvalue weighted by Gasteiger charge is -2.15. The topological polar surface area (TPSA) is 30.0 Å². The van der Waals surface area contributed by atoms with Crippen LogP contribution in [0.15, 0.2) is 5.51 Å². The van der Waals surface area contributed by atoms with E-state index in [9.17, 15) is 4.57 Å². The summed E-state index contributed by atoms with van der Waals surface area (Å²) in [4.78, 5) is 4.24. The van der Waals surface area contributed by atoms with Crippen LogP contribution in [0.2, 0.25) is 0 Å². The smallest absolute Gasteiger partial charge is 0.133 e. The van der Waals surface area contributed by atoms with Crippen LogP contribution in [-0.2, 0) is 4.57 Å². The predicted octanol–water partition coefficient (Wildman–Crippen LogP) is 3.06. The van der Waals surface area contributed by atoms with Crippen LogP contribution in [-0.4, -0.2) is 16.3 Å². The Morgan fingerprint density at radius 2 is 1.93 bits per heavy atom. The van der Waals surface area contributed by atoms with Crippen molar-refractivity contribution in [2.75, 3.05) is 0 Å². The molecule has 76 valence electrons. The molecule has 14 heavy (non-hydrogen) atoms. The van der Waals surface area contributed by atoms with Gasteiger partial charge in [0.2, 0.25) is 0 Å². The summed E-state index contributed by atoms with van der Waals surface area (Å²) in [6.45, 7) is 0. The highest BCUT2D eigenvalue weighted by Crippen LogP contribution is 2.70. The summed E-state index contributed by atoms with van der Waals surface area (Å²) in [6, 6.07) is 0. The highest BCUT2D eigenvalue weighted by atomic mass is 127. The van der Waals surface area contributed by atoms with Gasteiger partial charge in [-0.1, -0.05) is 0 Å². The Morgan fingerprint density at radius 1 is 1.36 bits per heavy atom. The second-order valence-electron chi connectivity index (χ2n) is 4.12. The molecule has 2 aliphatic rings. The van der Waals surface area contributed by atoms with Crippen LogP contribution in [0.25, 0.3) is 0 Å². The number of nitrogens with zero attached hydrogens (tertiary/aromatic N) is 1. The minimum Gasteiger partial charge on any atom is -0.317 e. The maximum Gasteiger partial charge on any atom is 0.133 e. The van der Waals surface area contributed by atoms with Gasteiger partial charge in [0.05, 0.1) is 10.1 Å². The van der Waals surface area contributed by atoms with Crippen molar-refractivity contribution in [1.82, 2.24) is 4.98 Å². The Hall–Kier alpha value is 0.590. The summed E-state index contributed by atoms with van der Waals surface area (Å²) in [5, 5.41) is 0. The first-order chi connectivity index (χ1) is 6.73. The molecule has 0 aromatic carbocycles. The van der Waals surface area contributed by atoms with E-state index in [4.69, 9.17) is 0 Å². The Morgan fingerprint density at radius 3 is 2.29 bits per heavy atom. The third-order valence-electron chi connectivity index (χ3n) is 3.00. The van der Waals surface area contributed by atoms with Crippen molar-refractivity contribution >= 4 is 45.7 Å². The molecule has 1 aromatic rings. The SMILES string of the molecule is O=P(c1scnc1I)(C1CC1)C1CC1. The van der Waals surface area contributed by atoms with E-state index in [-0.39, 0.29) is 0 Å². The van der Waals surface area contributed by atoms with Gasteiger partial charge in [-0.2, -0.15) is 0 Å². The lowest BCUT2D eigenvalue weighted by molar-refractivity contribution is 0.579. The van der Waals surface area contributed by atoms with Gasteiger partial charge in [-0.15, -0.1) is 11.3 Å². The van der Waals surface area contributed by atoms with E-state index >= 15 is 0 Å². The van der Waals surface area contributed by atoms with E-state index in [1.54, 1.807) is 11.3 Å². The summed E-state index contributed by atoms with van der Waals surface area (Å²) in [7, 11) is -2.03. The molecule has 0 N–H and O–H groups in total. The van der Waals surface area contributed by atoms with Gasteiger partial charge >= 0.3 is 0 Å². The molecule has 0 atom stereocenters. The molecule has 0 spiro atoms. The number of hydrogen-bond acceptors (Lipinski definition) is 3. The Bertz CT molecular complexity index is 395. The maximum atomic E-state index is 13.0. The molecule has 0 amide bonds. The van der Waals surface area contributed by atoms with Crippen molar-refractivity contribution in [1.29, 1.82) is 0 Å². The zero-order valence-corrected chi connectivity index (χ0v) is 11.5. The van der Waals surface area contributed by atoms with Crippen molar-refractivity contribution < 1.29 is 4.57 Å². The normalized spacial score (nSPS) is 22.6. The van der Waals surface area contributed by atoms with Crippen LogP contribution in [0.5, 0.6) is 0 Å². The lowest BCUT2D eigenvalue weighted by Crippen LogP contribution is -2.11. The van der Waals surface area contributed by atoms with Crippen molar-refractivity contribution in [2.24, 2.45) is 0 Å². The number of rotatable bonds is 3. The van der Waals surface area contributed by atoms with Gasteiger partial charge in [0.1, 0.15) is 10.8 Å². The van der Waals surface area contributed by atoms with E-state index in [2.05, 4.69) is 27.6 Å². The second-order valence-corrected chi connectivity index (χ2v) is 9.63. The van der Waals surface area contributed by atoms with E-state index in [0.717, 1.165) is 8.32 Å². The average molecular weight is 339 g/mol. The molecule has 1 heterocycles. The van der Waals surface area contributed by atoms with Gasteiger partial charge in [0.15, 0.2) is 0 Å². The van der Waals surface area contributed by atoms with Gasteiger partial charge in [0.25, 0.3) is 0 Å². The molecular formula is C9H11INOPS. The van der Waals surface area contributed by atoms with Crippen LogP contribution >= 0.6 is 41.1 Å². The molecule has 2 aliphatic carbocycles. The largest absolute Gasteiger partial charge is 0.317 e. The molecular weight excluding hydrogens is 328 g/mol. The molecule has 2 saturated carbocycles. The number of thiazole rings is 1. The van der Waals surface area contributed by atoms with Crippen molar-refractivity contribution in [3.8, 4) is 0 Å². The minimum absolute atomic E-state index is 0.518. The van der Waals surface area contributed by atoms with E-state index in [1.807, 2.05) is 5.51 Å². The van der Waals surface area contributed by atoms with Crippen molar-refractivity contribution in [3.63, 3.8) is 0 Å². The zero-order valence-electron chi connectivity index (χ0n) is 7.65. The van der Waals surface area contributed by atoms with Gasteiger partial charge in [-0.3, -0.25) is 0 Å². The molecule has 2 fully saturated rings. The van der Waals surface area contributed by atoms with Gasteiger partial charge in [0, 0.05) is 11.3 Å². The molecule has 0 saturated heterocycles. The number of hydrogen-bond donors (Lipinski definition) is 0. The molecule has 0 unspecified atom stereocenters. The number of aromatic nitrogens is 1. The lowest BCUT2D eigenvalue weighted by atomic mass is 10.9. The van der Waals surface area contributed by atoms with Crippen molar-refractivity contribution in [3.05, 3.63) is 9.21 Å². The molecule has 0 bridgehead atoms. The van der Waals surface area contributed by atoms with Crippen LogP contribution in [0.4, 0.5) is 0 Å². The fraction of sp³-hybridized carbons (Fsp3) is 0.667. The summed E-state index contributed by atoms with van der Waals surface area (Å²) >= 11 is 3.84. The van der Waals surface area contributed by atoms with Crippen LogP contribution < -0.4 is 4.62 Å². The standard InChI is InChI=1S/C9H11INOPS/c10-8-9(14-5-11-8)13(12,6-1-2-6)7-3-4-7/h5-7H,1-4H2. The molecule has 0 aliphatic heterocycles. The highest BCUT2D eigenvalue weighted by molar-refractivity contribution is 14.1. The Balaban J connectivity index is 2.07. The quantitative estimate of drug-likeness (QED) is 0.626. The molecule has 2 nitrogen and oxygen atoms in total. The first-order valence-electron chi connectivity index (χ1n) is 4.92. The fourth-order valence-corrected chi connectivity index (χ4v) is 9.38. The third kappa shape index (κ3) is 1.41. The molecule has 0 radical (unpaired) electrons. The van der Waals surface area contributed by atoms with Crippen LogP contribution in [0.1, 0.15) is 25.7 Å². The number of halogens is 1. The highest BCUT2D eigenvalue weighted by Gasteiger charge is 2.53. The van der Waals surface area contributed by atoms with Crippen LogP contribution in [0, 0.1) is 3.70 Å². The molecule has 1 aromatic heterocycles. The Labute approximate surface area is 101 Å². The van der Waals surface area contributed by atoms with E-state index in [1.165, 1.54) is 25.7 Å². The third-order valence-corrected chi connectivity index (χ3v) is 10.5. The summed E-state index contributed by atoms with van der Waals surface area (Å²) in [6.07, 6.45) is 4.73.